The Labute approximate surface area is 182 Å². The van der Waals surface area contributed by atoms with Crippen molar-refractivity contribution < 1.29 is 9.53 Å². The zero-order valence-electron chi connectivity index (χ0n) is 16.8. The molecule has 9 nitrogen and oxygen atoms in total. The molecular formula is C21H21N7O2S. The summed E-state index contributed by atoms with van der Waals surface area (Å²) >= 11 is 1.66. The molecule has 1 atom stereocenters. The number of aryl methyl sites for hydroxylation is 1. The fourth-order valence-corrected chi connectivity index (χ4v) is 4.62. The number of thiazole rings is 1. The molecule has 3 aromatic heterocycles. The van der Waals surface area contributed by atoms with Crippen molar-refractivity contribution in [3.05, 3.63) is 59.8 Å². The predicted molar refractivity (Wildman–Crippen MR) is 115 cm³/mol. The van der Waals surface area contributed by atoms with Gasteiger partial charge in [-0.05, 0) is 18.6 Å². The number of aromatic nitrogens is 6. The first-order chi connectivity index (χ1) is 15.2. The van der Waals surface area contributed by atoms with Crippen LogP contribution in [0.15, 0.2) is 49.1 Å². The molecule has 0 saturated carbocycles. The molecule has 0 spiro atoms. The molecule has 1 fully saturated rings. The first-order valence-electron chi connectivity index (χ1n) is 10.2. The minimum atomic E-state index is 0.129. The van der Waals surface area contributed by atoms with Gasteiger partial charge in [0.2, 0.25) is 11.8 Å². The number of carbonyl (C=O) groups excluding carboxylic acids is 1. The molecule has 1 aromatic carbocycles. The molecule has 1 amide bonds. The van der Waals surface area contributed by atoms with Crippen LogP contribution in [0.3, 0.4) is 0 Å². The van der Waals surface area contributed by atoms with E-state index in [1.165, 1.54) is 0 Å². The van der Waals surface area contributed by atoms with Crippen LogP contribution in [0.5, 0.6) is 5.88 Å². The Hall–Kier alpha value is -3.40. The number of ether oxygens (including phenoxy) is 1. The maximum absolute atomic E-state index is 12.7. The second-order valence-electron chi connectivity index (χ2n) is 7.38. The van der Waals surface area contributed by atoms with Crippen LogP contribution >= 0.6 is 11.3 Å². The molecule has 0 N–H and O–H groups in total. The van der Waals surface area contributed by atoms with Crippen LogP contribution in [0, 0.1) is 0 Å². The molecule has 1 aliphatic rings. The maximum atomic E-state index is 12.7. The zero-order chi connectivity index (χ0) is 21.0. The van der Waals surface area contributed by atoms with Gasteiger partial charge in [-0.3, -0.25) is 9.78 Å². The van der Waals surface area contributed by atoms with E-state index < -0.39 is 0 Å². The highest BCUT2D eigenvalue weighted by atomic mass is 32.1. The molecule has 0 bridgehead atoms. The highest BCUT2D eigenvalue weighted by Gasteiger charge is 2.28. The summed E-state index contributed by atoms with van der Waals surface area (Å²) in [6.45, 7) is 1.65. The van der Waals surface area contributed by atoms with Crippen LogP contribution in [0.1, 0.15) is 29.6 Å². The van der Waals surface area contributed by atoms with E-state index in [4.69, 9.17) is 4.74 Å². The summed E-state index contributed by atoms with van der Waals surface area (Å²) in [4.78, 5) is 27.3. The van der Waals surface area contributed by atoms with Gasteiger partial charge in [0.15, 0.2) is 0 Å². The number of nitrogens with zero attached hydrogens (tertiary/aromatic N) is 7. The van der Waals surface area contributed by atoms with E-state index in [2.05, 4.69) is 31.3 Å². The second-order valence-corrected chi connectivity index (χ2v) is 8.49. The molecule has 0 radical (unpaired) electrons. The van der Waals surface area contributed by atoms with Crippen molar-refractivity contribution in [2.45, 2.75) is 31.9 Å². The third kappa shape index (κ3) is 4.53. The molecule has 0 aliphatic carbocycles. The van der Waals surface area contributed by atoms with Crippen molar-refractivity contribution in [2.75, 3.05) is 13.1 Å². The lowest BCUT2D eigenvalue weighted by Gasteiger charge is -2.16. The monoisotopic (exact) mass is 435 g/mol. The molecule has 5 rings (SSSR count). The summed E-state index contributed by atoms with van der Waals surface area (Å²) in [5.74, 6) is 0.607. The highest BCUT2D eigenvalue weighted by Crippen LogP contribution is 2.24. The summed E-state index contributed by atoms with van der Waals surface area (Å²) < 4.78 is 8.56. The van der Waals surface area contributed by atoms with Gasteiger partial charge in [-0.15, -0.1) is 16.4 Å². The van der Waals surface area contributed by atoms with Crippen molar-refractivity contribution in [3.8, 4) is 5.88 Å². The molecule has 4 aromatic rings. The number of amides is 1. The zero-order valence-corrected chi connectivity index (χ0v) is 17.6. The molecular weight excluding hydrogens is 414 g/mol. The van der Waals surface area contributed by atoms with E-state index in [1.54, 1.807) is 29.9 Å². The third-order valence-corrected chi connectivity index (χ3v) is 6.34. The van der Waals surface area contributed by atoms with E-state index in [0.29, 0.717) is 31.0 Å². The highest BCUT2D eigenvalue weighted by molar-refractivity contribution is 7.18. The van der Waals surface area contributed by atoms with Crippen LogP contribution in [0.2, 0.25) is 0 Å². The maximum Gasteiger partial charge on any atom is 0.232 e. The van der Waals surface area contributed by atoms with E-state index >= 15 is 0 Å². The number of likely N-dealkylation sites (tertiary alicyclic amines) is 1. The topological polar surface area (TPSA) is 98.9 Å². The lowest BCUT2D eigenvalue weighted by atomic mass is 10.2. The normalized spacial score (nSPS) is 16.1. The number of benzene rings is 1. The van der Waals surface area contributed by atoms with Crippen molar-refractivity contribution in [2.24, 2.45) is 0 Å². The fourth-order valence-electron chi connectivity index (χ4n) is 3.65. The van der Waals surface area contributed by atoms with Crippen LogP contribution in [0.4, 0.5) is 0 Å². The van der Waals surface area contributed by atoms with Gasteiger partial charge in [0.25, 0.3) is 0 Å². The van der Waals surface area contributed by atoms with Crippen LogP contribution in [0.25, 0.3) is 10.2 Å². The number of rotatable bonds is 7. The minimum Gasteiger partial charge on any atom is -0.470 e. The van der Waals surface area contributed by atoms with Gasteiger partial charge in [0.1, 0.15) is 12.3 Å². The molecule has 31 heavy (non-hydrogen) atoms. The smallest absolute Gasteiger partial charge is 0.232 e. The van der Waals surface area contributed by atoms with Crippen LogP contribution in [-0.2, 0) is 17.8 Å². The second kappa shape index (κ2) is 8.76. The number of hydrogen-bond donors (Lipinski definition) is 0. The van der Waals surface area contributed by atoms with Gasteiger partial charge in [0, 0.05) is 38.3 Å². The number of fused-ring (bicyclic) bond motifs is 1. The van der Waals surface area contributed by atoms with Crippen molar-refractivity contribution in [3.63, 3.8) is 0 Å². The SMILES string of the molecule is O=C(CCc1nc2ccccc2s1)N1CCC(n2cc(COc3cnccn3)nn2)C1. The van der Waals surface area contributed by atoms with Gasteiger partial charge in [-0.25, -0.2) is 14.6 Å². The summed E-state index contributed by atoms with van der Waals surface area (Å²) in [5.41, 5.74) is 1.72. The third-order valence-electron chi connectivity index (χ3n) is 5.25. The average molecular weight is 436 g/mol. The predicted octanol–water partition coefficient (Wildman–Crippen LogP) is 2.66. The summed E-state index contributed by atoms with van der Waals surface area (Å²) in [7, 11) is 0. The molecule has 1 unspecified atom stereocenters. The van der Waals surface area contributed by atoms with Crippen LogP contribution in [-0.4, -0.2) is 53.8 Å². The molecule has 1 aliphatic heterocycles. The van der Waals surface area contributed by atoms with Gasteiger partial charge >= 0.3 is 0 Å². The van der Waals surface area contributed by atoms with Gasteiger partial charge in [-0.1, -0.05) is 17.3 Å². The summed E-state index contributed by atoms with van der Waals surface area (Å²) in [6.07, 6.45) is 8.60. The summed E-state index contributed by atoms with van der Waals surface area (Å²) in [6, 6.07) is 8.20. The minimum absolute atomic E-state index is 0.129. The first kappa shape index (κ1) is 19.6. The lowest BCUT2D eigenvalue weighted by molar-refractivity contribution is -0.130. The standard InChI is InChI=1S/C21H21N7O2S/c29-21(6-5-20-24-17-3-1-2-4-18(17)31-20)27-10-7-16(13-27)28-12-15(25-26-28)14-30-19-11-22-8-9-23-19/h1-4,8-9,11-12,16H,5-7,10,13-14H2. The Bertz CT molecular complexity index is 1140. The van der Waals surface area contributed by atoms with E-state index in [-0.39, 0.29) is 18.6 Å². The van der Waals surface area contributed by atoms with Crippen molar-refractivity contribution in [1.82, 2.24) is 34.8 Å². The van der Waals surface area contributed by atoms with Crippen molar-refractivity contribution >= 4 is 27.5 Å². The van der Waals surface area contributed by atoms with E-state index in [0.717, 1.165) is 28.2 Å². The largest absolute Gasteiger partial charge is 0.470 e. The van der Waals surface area contributed by atoms with E-state index in [1.807, 2.05) is 34.0 Å². The lowest BCUT2D eigenvalue weighted by Crippen LogP contribution is -2.29. The quantitative estimate of drug-likeness (QED) is 0.440. The Kier molecular flexibility index (Phi) is 5.53. The van der Waals surface area contributed by atoms with E-state index in [9.17, 15) is 4.79 Å². The van der Waals surface area contributed by atoms with Gasteiger partial charge in [0.05, 0.1) is 33.7 Å². The number of para-hydroxylation sites is 1. The molecule has 4 heterocycles. The molecule has 158 valence electrons. The first-order valence-corrected chi connectivity index (χ1v) is 11.0. The molecule has 10 heteroatoms. The van der Waals surface area contributed by atoms with Gasteiger partial charge in [-0.2, -0.15) is 0 Å². The Morgan fingerprint density at radius 3 is 3.06 bits per heavy atom. The van der Waals surface area contributed by atoms with Gasteiger partial charge < -0.3 is 9.64 Å². The fraction of sp³-hybridized carbons (Fsp3) is 0.333. The Balaban J connectivity index is 1.12. The number of carbonyl (C=O) groups is 1. The Morgan fingerprint density at radius 1 is 1.26 bits per heavy atom. The number of hydrogen-bond acceptors (Lipinski definition) is 8. The van der Waals surface area contributed by atoms with Crippen molar-refractivity contribution in [1.29, 1.82) is 0 Å². The Morgan fingerprint density at radius 2 is 2.19 bits per heavy atom. The molecule has 1 saturated heterocycles. The van der Waals surface area contributed by atoms with Crippen LogP contribution < -0.4 is 4.74 Å². The summed E-state index contributed by atoms with van der Waals surface area (Å²) in [5, 5.41) is 9.41. The average Bonchev–Trinajstić information content (AvgIpc) is 3.55.